The second kappa shape index (κ2) is 8.82. The fourth-order valence-corrected chi connectivity index (χ4v) is 2.82. The maximum atomic E-state index is 12.3. The molecule has 7 heteroatoms. The predicted molar refractivity (Wildman–Crippen MR) is 101 cm³/mol. The number of anilines is 1. The van der Waals surface area contributed by atoms with Crippen molar-refractivity contribution in [3.05, 3.63) is 56.0 Å². The summed E-state index contributed by atoms with van der Waals surface area (Å²) in [5.41, 5.74) is 0.837. The highest BCUT2D eigenvalue weighted by Crippen LogP contribution is 2.34. The quantitative estimate of drug-likeness (QED) is 0.540. The monoisotopic (exact) mass is 405 g/mol. The molecule has 0 radical (unpaired) electrons. The first kappa shape index (κ1) is 19.2. The van der Waals surface area contributed by atoms with Gasteiger partial charge in [-0.25, -0.2) is 0 Å². The van der Waals surface area contributed by atoms with Crippen LogP contribution >= 0.6 is 46.4 Å². The van der Waals surface area contributed by atoms with Crippen molar-refractivity contribution in [2.45, 2.75) is 19.8 Å². The topological polar surface area (TPSA) is 38.3 Å². The maximum Gasteiger partial charge on any atom is 0.255 e. The average molecular weight is 407 g/mol. The van der Waals surface area contributed by atoms with Crippen molar-refractivity contribution in [1.29, 1.82) is 0 Å². The van der Waals surface area contributed by atoms with Gasteiger partial charge in [0.1, 0.15) is 0 Å². The second-order valence-electron chi connectivity index (χ2n) is 5.05. The molecule has 0 unspecified atom stereocenters. The molecule has 0 atom stereocenters. The summed E-state index contributed by atoms with van der Waals surface area (Å²) in [5, 5.41) is 4.06. The summed E-state index contributed by atoms with van der Waals surface area (Å²) in [6.45, 7) is 2.58. The lowest BCUT2D eigenvalue weighted by molar-refractivity contribution is 0.102. The fraction of sp³-hybridized carbons (Fsp3) is 0.235. The zero-order valence-corrected chi connectivity index (χ0v) is 15.9. The van der Waals surface area contributed by atoms with Crippen molar-refractivity contribution in [2.75, 3.05) is 11.9 Å². The van der Waals surface area contributed by atoms with Crippen molar-refractivity contribution in [3.8, 4) is 5.75 Å². The molecule has 0 aliphatic heterocycles. The van der Waals surface area contributed by atoms with Crippen LogP contribution in [-0.4, -0.2) is 12.5 Å². The number of benzene rings is 2. The molecule has 0 saturated carbocycles. The first-order valence-corrected chi connectivity index (χ1v) is 8.81. The number of carbonyl (C=O) groups is 1. The van der Waals surface area contributed by atoms with E-state index in [-0.39, 0.29) is 16.0 Å². The minimum Gasteiger partial charge on any atom is -0.490 e. The molecule has 0 spiro atoms. The Kier molecular flexibility index (Phi) is 7.05. The summed E-state index contributed by atoms with van der Waals surface area (Å²) in [7, 11) is 0. The van der Waals surface area contributed by atoms with Crippen LogP contribution in [0.15, 0.2) is 30.3 Å². The minimum absolute atomic E-state index is 0.290. The molecule has 128 valence electrons. The molecule has 0 saturated heterocycles. The zero-order chi connectivity index (χ0) is 17.7. The van der Waals surface area contributed by atoms with Crippen molar-refractivity contribution in [1.82, 2.24) is 0 Å². The number of hydrogen-bond donors (Lipinski definition) is 1. The number of nitrogens with one attached hydrogen (secondary N) is 1. The normalized spacial score (nSPS) is 10.5. The van der Waals surface area contributed by atoms with Gasteiger partial charge in [-0.15, -0.1) is 0 Å². The second-order valence-corrected chi connectivity index (χ2v) is 6.68. The molecule has 0 fully saturated rings. The third-order valence-corrected chi connectivity index (χ3v) is 4.48. The summed E-state index contributed by atoms with van der Waals surface area (Å²) >= 11 is 24.1. The van der Waals surface area contributed by atoms with Crippen LogP contribution in [0.2, 0.25) is 20.1 Å². The van der Waals surface area contributed by atoms with Crippen LogP contribution in [0, 0.1) is 0 Å². The maximum absolute atomic E-state index is 12.3. The van der Waals surface area contributed by atoms with E-state index in [2.05, 4.69) is 12.2 Å². The number of unbranched alkanes of at least 4 members (excludes halogenated alkanes) is 1. The molecule has 2 rings (SSSR count). The summed E-state index contributed by atoms with van der Waals surface area (Å²) in [6.07, 6.45) is 1.89. The van der Waals surface area contributed by atoms with Crippen LogP contribution in [-0.2, 0) is 0 Å². The summed E-state index contributed by atoms with van der Waals surface area (Å²) in [4.78, 5) is 12.3. The molecular formula is C17H15Cl4NO2. The van der Waals surface area contributed by atoms with E-state index in [4.69, 9.17) is 51.1 Å². The molecule has 2 aromatic rings. The molecule has 0 aliphatic carbocycles. The molecule has 24 heavy (non-hydrogen) atoms. The van der Waals surface area contributed by atoms with Crippen molar-refractivity contribution < 1.29 is 9.53 Å². The van der Waals surface area contributed by atoms with Crippen molar-refractivity contribution >= 4 is 58.0 Å². The Morgan fingerprint density at radius 2 is 1.67 bits per heavy atom. The van der Waals surface area contributed by atoms with Gasteiger partial charge >= 0.3 is 0 Å². The van der Waals surface area contributed by atoms with Crippen LogP contribution in [0.4, 0.5) is 5.69 Å². The van der Waals surface area contributed by atoms with Gasteiger partial charge in [-0.05, 0) is 36.8 Å². The lowest BCUT2D eigenvalue weighted by Crippen LogP contribution is -2.12. The average Bonchev–Trinajstić information content (AvgIpc) is 2.53. The largest absolute Gasteiger partial charge is 0.490 e. The van der Waals surface area contributed by atoms with Gasteiger partial charge in [-0.1, -0.05) is 59.7 Å². The van der Waals surface area contributed by atoms with E-state index in [1.54, 1.807) is 18.2 Å². The Labute approximate surface area is 160 Å². The molecular weight excluding hydrogens is 392 g/mol. The van der Waals surface area contributed by atoms with E-state index in [0.29, 0.717) is 33.7 Å². The highest BCUT2D eigenvalue weighted by Gasteiger charge is 2.15. The highest BCUT2D eigenvalue weighted by atomic mass is 35.5. The molecule has 2 aromatic carbocycles. The molecule has 0 heterocycles. The van der Waals surface area contributed by atoms with Crippen molar-refractivity contribution in [3.63, 3.8) is 0 Å². The predicted octanol–water partition coefficient (Wildman–Crippen LogP) is 6.73. The van der Waals surface area contributed by atoms with Gasteiger partial charge in [0.2, 0.25) is 0 Å². The van der Waals surface area contributed by atoms with Crippen LogP contribution in [0.3, 0.4) is 0 Å². The lowest BCUT2D eigenvalue weighted by atomic mass is 10.2. The first-order chi connectivity index (χ1) is 11.4. The Morgan fingerprint density at radius 1 is 1.00 bits per heavy atom. The molecule has 1 amide bonds. The minimum atomic E-state index is -0.364. The summed E-state index contributed by atoms with van der Waals surface area (Å²) < 4.78 is 5.56. The fourth-order valence-electron chi connectivity index (χ4n) is 1.92. The smallest absolute Gasteiger partial charge is 0.255 e. The lowest BCUT2D eigenvalue weighted by Gasteiger charge is -2.12. The molecule has 0 aromatic heterocycles. The number of carbonyl (C=O) groups excluding carboxylic acids is 1. The number of hydrogen-bond acceptors (Lipinski definition) is 2. The van der Waals surface area contributed by atoms with E-state index in [1.807, 2.05) is 0 Å². The van der Waals surface area contributed by atoms with Gasteiger partial charge in [0.15, 0.2) is 5.75 Å². The van der Waals surface area contributed by atoms with E-state index < -0.39 is 0 Å². The van der Waals surface area contributed by atoms with Crippen LogP contribution in [0.25, 0.3) is 0 Å². The number of rotatable bonds is 6. The van der Waals surface area contributed by atoms with Gasteiger partial charge in [-0.2, -0.15) is 0 Å². The van der Waals surface area contributed by atoms with Gasteiger partial charge in [0.25, 0.3) is 5.91 Å². The van der Waals surface area contributed by atoms with Crippen LogP contribution in [0.5, 0.6) is 5.75 Å². The Morgan fingerprint density at radius 3 is 2.25 bits per heavy atom. The SMILES string of the molecule is CCCCOc1c(Cl)cc(C(=O)Nc2ccc(Cl)c(Cl)c2)cc1Cl. The molecule has 1 N–H and O–H groups in total. The van der Waals surface area contributed by atoms with E-state index in [1.165, 1.54) is 12.1 Å². The van der Waals surface area contributed by atoms with Gasteiger partial charge < -0.3 is 10.1 Å². The number of halogens is 4. The summed E-state index contributed by atoms with van der Waals surface area (Å²) in [5.74, 6) is 0.0233. The number of ether oxygens (including phenoxy) is 1. The van der Waals surface area contributed by atoms with Crippen LogP contribution < -0.4 is 10.1 Å². The van der Waals surface area contributed by atoms with Crippen molar-refractivity contribution in [2.24, 2.45) is 0 Å². The third-order valence-electron chi connectivity index (χ3n) is 3.18. The number of amides is 1. The highest BCUT2D eigenvalue weighted by molar-refractivity contribution is 6.42. The zero-order valence-electron chi connectivity index (χ0n) is 12.8. The van der Waals surface area contributed by atoms with Gasteiger partial charge in [0.05, 0.1) is 26.7 Å². The molecule has 0 aliphatic rings. The van der Waals surface area contributed by atoms with E-state index in [9.17, 15) is 4.79 Å². The molecule has 0 bridgehead atoms. The summed E-state index contributed by atoms with van der Waals surface area (Å²) in [6, 6.07) is 7.85. The first-order valence-electron chi connectivity index (χ1n) is 7.30. The standard InChI is InChI=1S/C17H15Cl4NO2/c1-2-3-6-24-16-14(20)7-10(8-15(16)21)17(23)22-11-4-5-12(18)13(19)9-11/h4-5,7-9H,2-3,6H2,1H3,(H,22,23). The van der Waals surface area contributed by atoms with Gasteiger partial charge in [0, 0.05) is 11.3 Å². The van der Waals surface area contributed by atoms with Crippen LogP contribution in [0.1, 0.15) is 30.1 Å². The Hall–Kier alpha value is -1.13. The third kappa shape index (κ3) is 4.93. The Balaban J connectivity index is 2.16. The van der Waals surface area contributed by atoms with E-state index in [0.717, 1.165) is 12.8 Å². The van der Waals surface area contributed by atoms with E-state index >= 15 is 0 Å². The molecule has 3 nitrogen and oxygen atoms in total. The Bertz CT molecular complexity index is 726. The van der Waals surface area contributed by atoms with Gasteiger partial charge in [-0.3, -0.25) is 4.79 Å².